The Morgan fingerprint density at radius 1 is 0.810 bits per heavy atom. The van der Waals surface area contributed by atoms with Gasteiger partial charge >= 0.3 is 7.69 Å². The summed E-state index contributed by atoms with van der Waals surface area (Å²) in [5.74, 6) is 1.33. The van der Waals surface area contributed by atoms with E-state index in [0.29, 0.717) is 24.3 Å². The van der Waals surface area contributed by atoms with Crippen molar-refractivity contribution < 1.29 is 9.31 Å². The van der Waals surface area contributed by atoms with Gasteiger partial charge in [-0.05, 0) is 35.4 Å². The molecule has 2 aromatic rings. The van der Waals surface area contributed by atoms with Crippen molar-refractivity contribution in [1.82, 2.24) is 0 Å². The van der Waals surface area contributed by atoms with E-state index in [1.165, 1.54) is 0 Å². The van der Waals surface area contributed by atoms with Gasteiger partial charge in [-0.25, -0.2) is 0 Å². The molecule has 0 radical (unpaired) electrons. The van der Waals surface area contributed by atoms with Crippen LogP contribution in [-0.2, 0) is 12.8 Å². The molecule has 0 atom stereocenters. The van der Waals surface area contributed by atoms with Crippen LogP contribution in [0.2, 0.25) is 0 Å². The summed E-state index contributed by atoms with van der Waals surface area (Å²) in [7, 11) is 0.0754. The van der Waals surface area contributed by atoms with Crippen LogP contribution in [-0.4, -0.2) is 7.69 Å². The lowest BCUT2D eigenvalue weighted by atomic mass is 10.1. The molecule has 21 heavy (non-hydrogen) atoms. The summed E-state index contributed by atoms with van der Waals surface area (Å²) in [6, 6.07) is 18.9. The Labute approximate surface area is 124 Å². The maximum Gasteiger partial charge on any atom is 0.576 e. The molecule has 0 bridgehead atoms. The number of benzene rings is 2. The van der Waals surface area contributed by atoms with E-state index in [4.69, 9.17) is 19.8 Å². The van der Waals surface area contributed by atoms with E-state index >= 15 is 0 Å². The predicted molar refractivity (Wildman–Crippen MR) is 79.9 cm³/mol. The Balaban J connectivity index is 1.89. The minimum atomic E-state index is 0.0754. The van der Waals surface area contributed by atoms with Crippen molar-refractivity contribution in [3.05, 3.63) is 59.7 Å². The van der Waals surface area contributed by atoms with Crippen LogP contribution in [0.4, 0.5) is 0 Å². The van der Waals surface area contributed by atoms with Gasteiger partial charge in [0.25, 0.3) is 0 Å². The Bertz CT molecular complexity index is 630. The molecule has 0 unspecified atom stereocenters. The van der Waals surface area contributed by atoms with E-state index < -0.39 is 0 Å². The lowest BCUT2D eigenvalue weighted by Crippen LogP contribution is -2.11. The van der Waals surface area contributed by atoms with E-state index in [-0.39, 0.29) is 7.69 Å². The zero-order valence-electron chi connectivity index (χ0n) is 11.5. The minimum absolute atomic E-state index is 0.0754. The molecule has 2 rings (SSSR count). The first kappa shape index (κ1) is 14.5. The third-order valence-electron chi connectivity index (χ3n) is 2.81. The molecule has 0 spiro atoms. The van der Waals surface area contributed by atoms with Gasteiger partial charge in [0, 0.05) is 0 Å². The standard InChI is InChI=1S/C16H13BN2O2/c18-9-7-13-3-1-5-15(11-13)20-17-21-16-6-2-4-14(12-16)8-10-19/h1-6,11-12,17H,7-8H2. The van der Waals surface area contributed by atoms with Gasteiger partial charge in [-0.1, -0.05) is 24.3 Å². The second kappa shape index (κ2) is 7.62. The maximum absolute atomic E-state index is 8.67. The van der Waals surface area contributed by atoms with Crippen molar-refractivity contribution in [2.24, 2.45) is 0 Å². The lowest BCUT2D eigenvalue weighted by molar-refractivity contribution is 0.458. The molecule has 4 nitrogen and oxygen atoms in total. The second-order valence-electron chi connectivity index (χ2n) is 4.37. The Morgan fingerprint density at radius 2 is 1.29 bits per heavy atom. The van der Waals surface area contributed by atoms with E-state index in [0.717, 1.165) is 11.1 Å². The summed E-state index contributed by atoms with van der Waals surface area (Å²) in [6.07, 6.45) is 0.711. The molecule has 0 N–H and O–H groups in total. The lowest BCUT2D eigenvalue weighted by Gasteiger charge is -2.08. The van der Waals surface area contributed by atoms with Gasteiger partial charge in [-0.15, -0.1) is 0 Å². The van der Waals surface area contributed by atoms with Crippen LogP contribution in [0.5, 0.6) is 11.5 Å². The number of nitrogens with zero attached hydrogens (tertiary/aromatic N) is 2. The Hall–Kier alpha value is -2.92. The average molecular weight is 276 g/mol. The molecule has 0 heterocycles. The highest BCUT2D eigenvalue weighted by molar-refractivity contribution is 6.20. The van der Waals surface area contributed by atoms with Crippen molar-refractivity contribution in [3.63, 3.8) is 0 Å². The van der Waals surface area contributed by atoms with Gasteiger partial charge in [-0.3, -0.25) is 0 Å². The van der Waals surface area contributed by atoms with Gasteiger partial charge in [-0.2, -0.15) is 10.5 Å². The average Bonchev–Trinajstić information content (AvgIpc) is 2.49. The Morgan fingerprint density at radius 3 is 1.71 bits per heavy atom. The molecular weight excluding hydrogens is 263 g/mol. The van der Waals surface area contributed by atoms with Crippen LogP contribution in [0.15, 0.2) is 48.5 Å². The highest BCUT2D eigenvalue weighted by Gasteiger charge is 2.02. The van der Waals surface area contributed by atoms with E-state index in [1.807, 2.05) is 48.5 Å². The second-order valence-corrected chi connectivity index (χ2v) is 4.37. The van der Waals surface area contributed by atoms with Gasteiger partial charge in [0.2, 0.25) is 0 Å². The summed E-state index contributed by atoms with van der Waals surface area (Å²) in [5.41, 5.74) is 1.82. The smallest absolute Gasteiger partial charge is 0.529 e. The highest BCUT2D eigenvalue weighted by Crippen LogP contribution is 2.15. The van der Waals surface area contributed by atoms with Crippen molar-refractivity contribution in [1.29, 1.82) is 10.5 Å². The summed E-state index contributed by atoms with van der Waals surface area (Å²) in [4.78, 5) is 0. The fourth-order valence-corrected chi connectivity index (χ4v) is 1.84. The zero-order valence-corrected chi connectivity index (χ0v) is 11.5. The molecule has 0 aliphatic rings. The molecule has 2 aromatic carbocycles. The zero-order chi connectivity index (χ0) is 14.9. The topological polar surface area (TPSA) is 66.0 Å². The summed E-state index contributed by atoms with van der Waals surface area (Å²) in [6.45, 7) is 0. The first-order valence-corrected chi connectivity index (χ1v) is 6.49. The van der Waals surface area contributed by atoms with Crippen LogP contribution >= 0.6 is 0 Å². The summed E-state index contributed by atoms with van der Waals surface area (Å²) < 4.78 is 11.0. The fraction of sp³-hybridized carbons (Fsp3) is 0.125. The van der Waals surface area contributed by atoms with Crippen molar-refractivity contribution in [3.8, 4) is 23.6 Å². The molecule has 0 fully saturated rings. The molecule has 0 aliphatic heterocycles. The van der Waals surface area contributed by atoms with E-state index in [1.54, 1.807) is 0 Å². The SMILES string of the molecule is N#CCc1cccc(OBOc2cccc(CC#N)c2)c1. The maximum atomic E-state index is 8.67. The quantitative estimate of drug-likeness (QED) is 0.760. The number of rotatable bonds is 6. The largest absolute Gasteiger partial charge is 0.576 e. The van der Waals surface area contributed by atoms with Crippen LogP contribution in [0.3, 0.4) is 0 Å². The normalized spacial score (nSPS) is 9.24. The summed E-state index contributed by atoms with van der Waals surface area (Å²) >= 11 is 0. The summed E-state index contributed by atoms with van der Waals surface area (Å²) in [5, 5.41) is 17.3. The Kier molecular flexibility index (Phi) is 5.26. The third-order valence-corrected chi connectivity index (χ3v) is 2.81. The van der Waals surface area contributed by atoms with Gasteiger partial charge in [0.15, 0.2) is 0 Å². The molecular formula is C16H13BN2O2. The molecule has 0 aliphatic carbocycles. The minimum Gasteiger partial charge on any atom is -0.529 e. The molecule has 102 valence electrons. The van der Waals surface area contributed by atoms with E-state index in [2.05, 4.69) is 12.1 Å². The molecule has 0 aromatic heterocycles. The monoisotopic (exact) mass is 276 g/mol. The van der Waals surface area contributed by atoms with Crippen molar-refractivity contribution in [2.75, 3.05) is 0 Å². The van der Waals surface area contributed by atoms with Gasteiger partial charge < -0.3 is 9.31 Å². The number of hydrogen-bond acceptors (Lipinski definition) is 4. The van der Waals surface area contributed by atoms with Crippen LogP contribution in [0.25, 0.3) is 0 Å². The first-order chi connectivity index (χ1) is 10.3. The molecule has 0 amide bonds. The van der Waals surface area contributed by atoms with Gasteiger partial charge in [0.05, 0.1) is 25.0 Å². The van der Waals surface area contributed by atoms with Crippen molar-refractivity contribution in [2.45, 2.75) is 12.8 Å². The highest BCUT2D eigenvalue weighted by atomic mass is 16.6. The molecule has 5 heteroatoms. The van der Waals surface area contributed by atoms with Crippen molar-refractivity contribution >= 4 is 7.69 Å². The molecule has 0 saturated carbocycles. The van der Waals surface area contributed by atoms with Crippen LogP contribution in [0.1, 0.15) is 11.1 Å². The molecule has 0 saturated heterocycles. The number of nitriles is 2. The predicted octanol–water partition coefficient (Wildman–Crippen LogP) is 2.54. The number of hydrogen-bond donors (Lipinski definition) is 0. The first-order valence-electron chi connectivity index (χ1n) is 6.49. The third kappa shape index (κ3) is 4.60. The van der Waals surface area contributed by atoms with Crippen LogP contribution < -0.4 is 9.31 Å². The fourth-order valence-electron chi connectivity index (χ4n) is 1.84. The van der Waals surface area contributed by atoms with Gasteiger partial charge in [0.1, 0.15) is 11.5 Å². The van der Waals surface area contributed by atoms with Crippen LogP contribution in [0, 0.1) is 22.7 Å². The van der Waals surface area contributed by atoms with E-state index in [9.17, 15) is 0 Å².